The number of hydrogen-bond donors (Lipinski definition) is 3. The van der Waals surface area contributed by atoms with Crippen molar-refractivity contribution in [2.24, 2.45) is 0 Å². The van der Waals surface area contributed by atoms with Gasteiger partial charge in [0.05, 0.1) is 5.56 Å². The van der Waals surface area contributed by atoms with Gasteiger partial charge in [0, 0.05) is 11.9 Å². The van der Waals surface area contributed by atoms with Crippen LogP contribution in [0.5, 0.6) is 0 Å². The van der Waals surface area contributed by atoms with E-state index in [0.29, 0.717) is 10.4 Å². The number of carboxylic acids is 1. The van der Waals surface area contributed by atoms with Crippen LogP contribution in [0.3, 0.4) is 0 Å². The summed E-state index contributed by atoms with van der Waals surface area (Å²) in [4.78, 5) is 23.1. The number of aromatic carboxylic acids is 1. The molecule has 5 nitrogen and oxygen atoms in total. The van der Waals surface area contributed by atoms with Gasteiger partial charge < -0.3 is 10.4 Å². The summed E-state index contributed by atoms with van der Waals surface area (Å²) in [7, 11) is 1.43. The summed E-state index contributed by atoms with van der Waals surface area (Å²) in [6.45, 7) is 0. The fourth-order valence-electron chi connectivity index (χ4n) is 1.56. The van der Waals surface area contributed by atoms with Gasteiger partial charge in [-0.2, -0.15) is 0 Å². The van der Waals surface area contributed by atoms with Crippen molar-refractivity contribution in [1.29, 1.82) is 0 Å². The molecule has 20 heavy (non-hydrogen) atoms. The molecular weight excluding hydrogens is 283 g/mol. The first-order valence-corrected chi connectivity index (χ1v) is 6.44. The molecule has 104 valence electrons. The minimum atomic E-state index is -1.14. The predicted molar refractivity (Wildman–Crippen MR) is 74.8 cm³/mol. The van der Waals surface area contributed by atoms with Crippen molar-refractivity contribution in [3.63, 3.8) is 0 Å². The minimum absolute atomic E-state index is 0.00192. The van der Waals surface area contributed by atoms with Crippen molar-refractivity contribution in [2.75, 3.05) is 12.4 Å². The number of rotatable bonds is 3. The highest BCUT2D eigenvalue weighted by molar-refractivity contribution is 7.20. The summed E-state index contributed by atoms with van der Waals surface area (Å²) in [5.74, 6) is -1.51. The lowest BCUT2D eigenvalue weighted by molar-refractivity contribution is 0.0698. The summed E-state index contributed by atoms with van der Waals surface area (Å²) < 4.78 is 12.9. The molecule has 2 rings (SSSR count). The van der Waals surface area contributed by atoms with Crippen LogP contribution in [0, 0.1) is 5.82 Å². The van der Waals surface area contributed by atoms with Crippen LogP contribution in [0.15, 0.2) is 30.3 Å². The van der Waals surface area contributed by atoms with E-state index in [1.807, 2.05) is 0 Å². The molecule has 0 saturated heterocycles. The van der Waals surface area contributed by atoms with Crippen molar-refractivity contribution in [1.82, 2.24) is 5.32 Å². The second kappa shape index (κ2) is 5.70. The number of anilines is 1. The second-order valence-electron chi connectivity index (χ2n) is 3.87. The number of benzene rings is 1. The van der Waals surface area contributed by atoms with Crippen LogP contribution in [0.25, 0.3) is 10.4 Å². The zero-order valence-electron chi connectivity index (χ0n) is 10.4. The number of thiophene rings is 1. The number of nitrogens with one attached hydrogen (secondary N) is 2. The van der Waals surface area contributed by atoms with E-state index < -0.39 is 12.0 Å². The summed E-state index contributed by atoms with van der Waals surface area (Å²) >= 11 is 1.12. The van der Waals surface area contributed by atoms with E-state index in [1.54, 1.807) is 12.1 Å². The quantitative estimate of drug-likeness (QED) is 0.814. The Labute approximate surface area is 118 Å². The van der Waals surface area contributed by atoms with Gasteiger partial charge >= 0.3 is 12.0 Å². The van der Waals surface area contributed by atoms with Crippen molar-refractivity contribution >= 4 is 28.3 Å². The highest BCUT2D eigenvalue weighted by Crippen LogP contribution is 2.35. The number of amides is 2. The average molecular weight is 294 g/mol. The molecule has 0 fully saturated rings. The van der Waals surface area contributed by atoms with Crippen molar-refractivity contribution < 1.29 is 19.1 Å². The molecule has 0 unspecified atom stereocenters. The predicted octanol–water partition coefficient (Wildman–Crippen LogP) is 3.00. The van der Waals surface area contributed by atoms with Gasteiger partial charge in [-0.1, -0.05) is 12.1 Å². The molecular formula is C13H11FN2O3S. The normalized spacial score (nSPS) is 10.1. The molecule has 7 heteroatoms. The third kappa shape index (κ3) is 2.94. The van der Waals surface area contributed by atoms with E-state index in [4.69, 9.17) is 5.11 Å². The molecule has 3 N–H and O–H groups in total. The van der Waals surface area contributed by atoms with E-state index in [1.165, 1.54) is 25.2 Å². The SMILES string of the molecule is CNC(=O)Nc1sc(-c2ccc(F)cc2)cc1C(=O)O. The summed E-state index contributed by atoms with van der Waals surface area (Å²) in [6.07, 6.45) is 0. The Balaban J connectivity index is 2.40. The lowest BCUT2D eigenvalue weighted by atomic mass is 10.1. The zero-order chi connectivity index (χ0) is 14.7. The number of hydrogen-bond acceptors (Lipinski definition) is 3. The number of carboxylic acid groups (broad SMARTS) is 1. The lowest BCUT2D eigenvalue weighted by Crippen LogP contribution is -2.24. The first-order valence-electron chi connectivity index (χ1n) is 5.63. The Morgan fingerprint density at radius 3 is 2.45 bits per heavy atom. The lowest BCUT2D eigenvalue weighted by Gasteiger charge is -2.02. The topological polar surface area (TPSA) is 78.4 Å². The van der Waals surface area contributed by atoms with Gasteiger partial charge in [-0.05, 0) is 23.8 Å². The van der Waals surface area contributed by atoms with Gasteiger partial charge in [0.1, 0.15) is 10.8 Å². The molecule has 1 aromatic carbocycles. The van der Waals surface area contributed by atoms with Gasteiger partial charge in [0.2, 0.25) is 0 Å². The molecule has 0 saturated carbocycles. The summed E-state index contributed by atoms with van der Waals surface area (Å²) in [6, 6.07) is 6.64. The van der Waals surface area contributed by atoms with E-state index in [9.17, 15) is 14.0 Å². The molecule has 2 amide bonds. The van der Waals surface area contributed by atoms with Crippen LogP contribution in [-0.4, -0.2) is 24.2 Å². The first kappa shape index (κ1) is 14.0. The Morgan fingerprint density at radius 1 is 1.25 bits per heavy atom. The van der Waals surface area contributed by atoms with Gasteiger partial charge in [0.15, 0.2) is 0 Å². The number of carbonyl (C=O) groups excluding carboxylic acids is 1. The van der Waals surface area contributed by atoms with Crippen LogP contribution >= 0.6 is 11.3 Å². The molecule has 0 aliphatic heterocycles. The van der Waals surface area contributed by atoms with Crippen LogP contribution in [-0.2, 0) is 0 Å². The van der Waals surface area contributed by atoms with Crippen molar-refractivity contribution in [2.45, 2.75) is 0 Å². The number of halogens is 1. The molecule has 0 bridgehead atoms. The third-order valence-electron chi connectivity index (χ3n) is 2.55. The fraction of sp³-hybridized carbons (Fsp3) is 0.0769. The molecule has 0 radical (unpaired) electrons. The van der Waals surface area contributed by atoms with E-state index in [-0.39, 0.29) is 16.4 Å². The standard InChI is InChI=1S/C13H11FN2O3S/c1-15-13(19)16-11-9(12(17)18)6-10(20-11)7-2-4-8(14)5-3-7/h2-6H,1H3,(H,17,18)(H2,15,16,19). The number of carbonyl (C=O) groups is 2. The van der Waals surface area contributed by atoms with Gasteiger partial charge in [0.25, 0.3) is 0 Å². The van der Waals surface area contributed by atoms with Crippen LogP contribution in [0.2, 0.25) is 0 Å². The Kier molecular flexibility index (Phi) is 3.99. The average Bonchev–Trinajstić information content (AvgIpc) is 2.83. The van der Waals surface area contributed by atoms with Crippen molar-refractivity contribution in [3.8, 4) is 10.4 Å². The zero-order valence-corrected chi connectivity index (χ0v) is 11.3. The van der Waals surface area contributed by atoms with Crippen molar-refractivity contribution in [3.05, 3.63) is 41.7 Å². The smallest absolute Gasteiger partial charge is 0.338 e. The summed E-state index contributed by atoms with van der Waals surface area (Å²) in [5, 5.41) is 14.2. The third-order valence-corrected chi connectivity index (χ3v) is 3.64. The molecule has 0 aliphatic rings. The Hall–Kier alpha value is -2.41. The maximum atomic E-state index is 12.9. The first-order chi connectivity index (χ1) is 9.51. The molecule has 1 heterocycles. The Bertz CT molecular complexity index is 652. The van der Waals surface area contributed by atoms with E-state index in [0.717, 1.165) is 11.3 Å². The van der Waals surface area contributed by atoms with Crippen LogP contribution in [0.4, 0.5) is 14.2 Å². The maximum absolute atomic E-state index is 12.9. The largest absolute Gasteiger partial charge is 0.478 e. The molecule has 0 spiro atoms. The monoisotopic (exact) mass is 294 g/mol. The van der Waals surface area contributed by atoms with E-state index in [2.05, 4.69) is 10.6 Å². The van der Waals surface area contributed by atoms with Gasteiger partial charge in [-0.25, -0.2) is 14.0 Å². The van der Waals surface area contributed by atoms with Gasteiger partial charge in [-0.15, -0.1) is 11.3 Å². The van der Waals surface area contributed by atoms with Gasteiger partial charge in [-0.3, -0.25) is 5.32 Å². The molecule has 1 aromatic heterocycles. The van der Waals surface area contributed by atoms with E-state index >= 15 is 0 Å². The van der Waals surface area contributed by atoms with Crippen LogP contribution in [0.1, 0.15) is 10.4 Å². The van der Waals surface area contributed by atoms with Crippen LogP contribution < -0.4 is 10.6 Å². The highest BCUT2D eigenvalue weighted by atomic mass is 32.1. The maximum Gasteiger partial charge on any atom is 0.338 e. The second-order valence-corrected chi connectivity index (χ2v) is 4.92. The number of urea groups is 1. The molecule has 0 aliphatic carbocycles. The Morgan fingerprint density at radius 2 is 1.90 bits per heavy atom. The summed E-state index contributed by atoms with van der Waals surface area (Å²) in [5.41, 5.74) is 0.682. The highest BCUT2D eigenvalue weighted by Gasteiger charge is 2.17. The minimum Gasteiger partial charge on any atom is -0.478 e. The fourth-order valence-corrected chi connectivity index (χ4v) is 2.62. The molecule has 2 aromatic rings. The molecule has 0 atom stereocenters.